The topological polar surface area (TPSA) is 94.6 Å². The maximum Gasteiger partial charge on any atom is 0.283 e. The first-order chi connectivity index (χ1) is 15.9. The summed E-state index contributed by atoms with van der Waals surface area (Å²) in [6, 6.07) is 8.12. The van der Waals surface area contributed by atoms with Gasteiger partial charge in [-0.05, 0) is 32.0 Å². The van der Waals surface area contributed by atoms with Gasteiger partial charge in [-0.1, -0.05) is 6.07 Å². The number of benzene rings is 1. The highest BCUT2D eigenvalue weighted by Gasteiger charge is 2.44. The third-order valence-electron chi connectivity index (χ3n) is 5.24. The molecule has 1 aromatic carbocycles. The molecule has 9 nitrogen and oxygen atoms in total. The number of hydrogen-bond acceptors (Lipinski definition) is 8. The van der Waals surface area contributed by atoms with E-state index in [2.05, 4.69) is 0 Å². The lowest BCUT2D eigenvalue weighted by molar-refractivity contribution is -0.138. The molecule has 2 aromatic rings. The molecule has 3 rings (SSSR count). The lowest BCUT2D eigenvalue weighted by atomic mass is 10.1. The van der Waals surface area contributed by atoms with Gasteiger partial charge in [0.25, 0.3) is 10.2 Å². The average molecular weight is 499 g/mol. The van der Waals surface area contributed by atoms with E-state index < -0.39 is 22.5 Å². The van der Waals surface area contributed by atoms with Crippen LogP contribution in [0, 0.1) is 0 Å². The molecule has 0 amide bonds. The van der Waals surface area contributed by atoms with Gasteiger partial charge in [-0.15, -0.1) is 11.3 Å². The minimum atomic E-state index is -3.86. The average Bonchev–Trinajstić information content (AvgIpc) is 3.37. The lowest BCUT2D eigenvalue weighted by Gasteiger charge is -2.21. The Bertz CT molecular complexity index is 1040. The Balaban J connectivity index is 1.79. The van der Waals surface area contributed by atoms with Crippen molar-refractivity contribution in [3.8, 4) is 11.5 Å². The molecule has 0 radical (unpaired) electrons. The van der Waals surface area contributed by atoms with Crippen molar-refractivity contribution in [1.29, 1.82) is 0 Å². The van der Waals surface area contributed by atoms with Crippen LogP contribution in [0.25, 0.3) is 0 Å². The summed E-state index contributed by atoms with van der Waals surface area (Å²) >= 11 is 1.44. The SMILES string of the molecule is CCOC(OCC)c1ccc(CN2CC(C=O)N(Cc3ccc(OC)cc3OC)S2(=O)=O)s1. The molecule has 1 aromatic heterocycles. The van der Waals surface area contributed by atoms with E-state index in [4.69, 9.17) is 18.9 Å². The zero-order chi connectivity index (χ0) is 24.0. The van der Waals surface area contributed by atoms with E-state index in [1.54, 1.807) is 25.3 Å². The Hall–Kier alpha value is -2.02. The molecule has 1 aliphatic rings. The lowest BCUT2D eigenvalue weighted by Crippen LogP contribution is -2.36. The number of aldehydes is 1. The van der Waals surface area contributed by atoms with Crippen molar-refractivity contribution in [2.75, 3.05) is 34.0 Å². The summed E-state index contributed by atoms with van der Waals surface area (Å²) in [5.41, 5.74) is 0.644. The number of hydrogen-bond donors (Lipinski definition) is 0. The maximum absolute atomic E-state index is 13.3. The number of rotatable bonds is 12. The fourth-order valence-electron chi connectivity index (χ4n) is 3.61. The molecular formula is C22H30N2O7S2. The van der Waals surface area contributed by atoms with Crippen LogP contribution in [-0.4, -0.2) is 63.3 Å². The third kappa shape index (κ3) is 5.73. The molecule has 33 heavy (non-hydrogen) atoms. The second-order valence-corrected chi connectivity index (χ2v) is 10.4. The molecule has 1 aliphatic heterocycles. The van der Waals surface area contributed by atoms with Gasteiger partial charge in [-0.3, -0.25) is 0 Å². The van der Waals surface area contributed by atoms with Gasteiger partial charge in [0.05, 0.1) is 25.1 Å². The standard InChI is InChI=1S/C22H30N2O7S2/c1-5-30-22(31-6-2)21-10-9-19(32-21)14-23-13-17(15-25)24(33(23,26)27)12-16-7-8-18(28-3)11-20(16)29-4/h7-11,15,17,22H,5-6,12-14H2,1-4H3. The van der Waals surface area contributed by atoms with Crippen molar-refractivity contribution in [3.05, 3.63) is 45.6 Å². The largest absolute Gasteiger partial charge is 0.497 e. The predicted molar refractivity (Wildman–Crippen MR) is 125 cm³/mol. The van der Waals surface area contributed by atoms with Crippen LogP contribution in [0.15, 0.2) is 30.3 Å². The maximum atomic E-state index is 13.3. The van der Waals surface area contributed by atoms with E-state index in [9.17, 15) is 13.2 Å². The number of carbonyl (C=O) groups is 1. The molecule has 182 valence electrons. The number of thiophene rings is 1. The van der Waals surface area contributed by atoms with Crippen molar-refractivity contribution < 1.29 is 32.2 Å². The van der Waals surface area contributed by atoms with Crippen LogP contribution in [0.1, 0.15) is 35.5 Å². The number of methoxy groups -OCH3 is 2. The van der Waals surface area contributed by atoms with E-state index in [0.717, 1.165) is 9.75 Å². The summed E-state index contributed by atoms with van der Waals surface area (Å²) in [6.07, 6.45) is 0.198. The summed E-state index contributed by atoms with van der Waals surface area (Å²) in [4.78, 5) is 13.5. The van der Waals surface area contributed by atoms with E-state index in [1.165, 1.54) is 27.1 Å². The van der Waals surface area contributed by atoms with Gasteiger partial charge in [0, 0.05) is 49.4 Å². The Morgan fingerprint density at radius 2 is 1.82 bits per heavy atom. The molecule has 0 aliphatic carbocycles. The zero-order valence-electron chi connectivity index (χ0n) is 19.2. The van der Waals surface area contributed by atoms with Crippen molar-refractivity contribution in [2.24, 2.45) is 0 Å². The predicted octanol–water partition coefficient (Wildman–Crippen LogP) is 2.97. The number of nitrogens with zero attached hydrogens (tertiary/aromatic N) is 2. The summed E-state index contributed by atoms with van der Waals surface area (Å²) in [5, 5.41) is 0. The Kier molecular flexibility index (Phi) is 8.85. The van der Waals surface area contributed by atoms with Crippen molar-refractivity contribution in [3.63, 3.8) is 0 Å². The quantitative estimate of drug-likeness (QED) is 0.328. The second kappa shape index (κ2) is 11.4. The van der Waals surface area contributed by atoms with Crippen LogP contribution in [0.3, 0.4) is 0 Å². The van der Waals surface area contributed by atoms with Gasteiger partial charge in [-0.2, -0.15) is 17.0 Å². The van der Waals surface area contributed by atoms with Crippen molar-refractivity contribution in [2.45, 2.75) is 39.3 Å². The molecule has 1 atom stereocenters. The Labute approximate surface area is 199 Å². The number of carbonyl (C=O) groups excluding carboxylic acids is 1. The Morgan fingerprint density at radius 3 is 2.42 bits per heavy atom. The van der Waals surface area contributed by atoms with Crippen LogP contribution in [0.4, 0.5) is 0 Å². The van der Waals surface area contributed by atoms with E-state index in [1.807, 2.05) is 26.0 Å². The van der Waals surface area contributed by atoms with Crippen LogP contribution >= 0.6 is 11.3 Å². The van der Waals surface area contributed by atoms with Crippen LogP contribution < -0.4 is 9.47 Å². The molecule has 0 bridgehead atoms. The molecule has 1 unspecified atom stereocenters. The molecule has 1 fully saturated rings. The van der Waals surface area contributed by atoms with Gasteiger partial charge < -0.3 is 23.7 Å². The van der Waals surface area contributed by atoms with Crippen LogP contribution in [0.5, 0.6) is 11.5 Å². The smallest absolute Gasteiger partial charge is 0.283 e. The van der Waals surface area contributed by atoms with Crippen molar-refractivity contribution in [1.82, 2.24) is 8.61 Å². The van der Waals surface area contributed by atoms with Gasteiger partial charge in [-0.25, -0.2) is 0 Å². The third-order valence-corrected chi connectivity index (χ3v) is 8.26. The molecule has 2 heterocycles. The molecule has 11 heteroatoms. The fourth-order valence-corrected chi connectivity index (χ4v) is 6.42. The van der Waals surface area contributed by atoms with Gasteiger partial charge in [0.2, 0.25) is 0 Å². The van der Waals surface area contributed by atoms with Crippen LogP contribution in [-0.2, 0) is 37.6 Å². The zero-order valence-corrected chi connectivity index (χ0v) is 20.9. The first-order valence-electron chi connectivity index (χ1n) is 10.6. The minimum Gasteiger partial charge on any atom is -0.497 e. The monoisotopic (exact) mass is 498 g/mol. The molecule has 0 spiro atoms. The first kappa shape index (κ1) is 25.6. The molecular weight excluding hydrogens is 468 g/mol. The summed E-state index contributed by atoms with van der Waals surface area (Å²) in [5.74, 6) is 1.09. The fraction of sp³-hybridized carbons (Fsp3) is 0.500. The molecule has 1 saturated heterocycles. The summed E-state index contributed by atoms with van der Waals surface area (Å²) in [7, 11) is -0.816. The number of ether oxygens (including phenoxy) is 4. The van der Waals surface area contributed by atoms with Crippen molar-refractivity contribution >= 4 is 27.8 Å². The van der Waals surface area contributed by atoms with Gasteiger partial charge in [0.1, 0.15) is 17.8 Å². The highest BCUT2D eigenvalue weighted by Crippen LogP contribution is 2.33. The molecule has 0 saturated carbocycles. The molecule has 0 N–H and O–H groups in total. The first-order valence-corrected chi connectivity index (χ1v) is 12.8. The van der Waals surface area contributed by atoms with E-state index >= 15 is 0 Å². The van der Waals surface area contributed by atoms with Gasteiger partial charge in [0.15, 0.2) is 6.29 Å². The summed E-state index contributed by atoms with van der Waals surface area (Å²) < 4.78 is 51.0. The second-order valence-electron chi connectivity index (χ2n) is 7.27. The van der Waals surface area contributed by atoms with E-state index in [-0.39, 0.29) is 19.6 Å². The van der Waals surface area contributed by atoms with Crippen LogP contribution in [0.2, 0.25) is 0 Å². The summed E-state index contributed by atoms with van der Waals surface area (Å²) in [6.45, 7) is 5.05. The Morgan fingerprint density at radius 1 is 1.09 bits per heavy atom. The van der Waals surface area contributed by atoms with E-state index in [0.29, 0.717) is 36.6 Å². The highest BCUT2D eigenvalue weighted by atomic mass is 32.2. The normalized spacial score (nSPS) is 18.6. The minimum absolute atomic E-state index is 0.0157. The highest BCUT2D eigenvalue weighted by molar-refractivity contribution is 7.87. The van der Waals surface area contributed by atoms with Gasteiger partial charge >= 0.3 is 0 Å².